The van der Waals surface area contributed by atoms with Gasteiger partial charge in [-0.2, -0.15) is 5.10 Å². The molecule has 0 atom stereocenters. The van der Waals surface area contributed by atoms with Crippen LogP contribution in [-0.4, -0.2) is 29.5 Å². The van der Waals surface area contributed by atoms with E-state index in [1.54, 1.807) is 19.2 Å². The number of benzene rings is 1. The van der Waals surface area contributed by atoms with E-state index in [1.807, 2.05) is 0 Å². The van der Waals surface area contributed by atoms with Crippen LogP contribution in [0.1, 0.15) is 15.9 Å². The third kappa shape index (κ3) is 3.66. The summed E-state index contributed by atoms with van der Waals surface area (Å²) in [5, 5.41) is 15.7. The molecule has 5 nitrogen and oxygen atoms in total. The van der Waals surface area contributed by atoms with E-state index in [0.717, 1.165) is 0 Å². The maximum absolute atomic E-state index is 10.7. The van der Waals surface area contributed by atoms with Gasteiger partial charge in [-0.15, -0.1) is 0 Å². The summed E-state index contributed by atoms with van der Waals surface area (Å²) < 4.78 is 0. The van der Waals surface area contributed by atoms with Crippen LogP contribution in [0.25, 0.3) is 0 Å². The lowest BCUT2D eigenvalue weighted by atomic mass is 10.1. The molecule has 1 rings (SSSR count). The van der Waals surface area contributed by atoms with Crippen molar-refractivity contribution >= 4 is 29.5 Å². The Morgan fingerprint density at radius 3 is 2.94 bits per heavy atom. The highest BCUT2D eigenvalue weighted by molar-refractivity contribution is 7.80. The van der Waals surface area contributed by atoms with Gasteiger partial charge in [0, 0.05) is 7.05 Å². The van der Waals surface area contributed by atoms with Crippen LogP contribution in [0.5, 0.6) is 0 Å². The second-order valence-electron chi connectivity index (χ2n) is 2.88. The third-order valence-corrected chi connectivity index (χ3v) is 2.04. The fraction of sp³-hybridized carbons (Fsp3) is 0.100. The summed E-state index contributed by atoms with van der Waals surface area (Å²) in [5.41, 5.74) is 3.48. The van der Waals surface area contributed by atoms with E-state index in [9.17, 15) is 4.79 Å². The van der Waals surface area contributed by atoms with Gasteiger partial charge in [0.1, 0.15) is 0 Å². The van der Waals surface area contributed by atoms with Gasteiger partial charge >= 0.3 is 5.97 Å². The first-order chi connectivity index (χ1) is 7.63. The molecule has 0 spiro atoms. The number of carboxylic acid groups (broad SMARTS) is 1. The highest BCUT2D eigenvalue weighted by atomic mass is 32.1. The predicted octanol–water partition coefficient (Wildman–Crippen LogP) is 0.813. The van der Waals surface area contributed by atoms with Crippen molar-refractivity contribution in [1.82, 2.24) is 10.7 Å². The number of carbonyl (C=O) groups is 1. The van der Waals surface area contributed by atoms with Gasteiger partial charge in [0.25, 0.3) is 0 Å². The SMILES string of the molecule is CNC(=S)N/N=C/c1cccc(C(=O)O)c1. The molecule has 0 saturated heterocycles. The Kier molecular flexibility index (Phi) is 4.41. The minimum Gasteiger partial charge on any atom is -0.478 e. The average molecular weight is 237 g/mol. The quantitative estimate of drug-likeness (QED) is 0.412. The van der Waals surface area contributed by atoms with Crippen molar-refractivity contribution in [1.29, 1.82) is 0 Å². The van der Waals surface area contributed by atoms with Crippen LogP contribution in [-0.2, 0) is 0 Å². The Morgan fingerprint density at radius 1 is 1.56 bits per heavy atom. The maximum Gasteiger partial charge on any atom is 0.335 e. The molecule has 16 heavy (non-hydrogen) atoms. The molecule has 0 bridgehead atoms. The molecule has 0 aliphatic rings. The lowest BCUT2D eigenvalue weighted by Crippen LogP contribution is -2.28. The minimum absolute atomic E-state index is 0.222. The average Bonchev–Trinajstić information content (AvgIpc) is 2.29. The summed E-state index contributed by atoms with van der Waals surface area (Å²) in [6, 6.07) is 6.45. The van der Waals surface area contributed by atoms with Crippen LogP contribution in [0, 0.1) is 0 Å². The van der Waals surface area contributed by atoms with Crippen LogP contribution >= 0.6 is 12.2 Å². The second-order valence-corrected chi connectivity index (χ2v) is 3.29. The van der Waals surface area contributed by atoms with Gasteiger partial charge in [0.15, 0.2) is 5.11 Å². The van der Waals surface area contributed by atoms with E-state index in [2.05, 4.69) is 15.8 Å². The van der Waals surface area contributed by atoms with Crippen LogP contribution in [0.3, 0.4) is 0 Å². The van der Waals surface area contributed by atoms with E-state index in [1.165, 1.54) is 18.3 Å². The molecule has 0 radical (unpaired) electrons. The number of carboxylic acids is 1. The largest absolute Gasteiger partial charge is 0.478 e. The zero-order chi connectivity index (χ0) is 12.0. The van der Waals surface area contributed by atoms with Crippen molar-refractivity contribution in [2.24, 2.45) is 5.10 Å². The molecule has 6 heteroatoms. The number of nitrogens with zero attached hydrogens (tertiary/aromatic N) is 1. The molecule has 0 aliphatic heterocycles. The number of rotatable bonds is 3. The van der Waals surface area contributed by atoms with Crippen molar-refractivity contribution in [3.63, 3.8) is 0 Å². The molecule has 0 fully saturated rings. The molecule has 0 aromatic heterocycles. The first-order valence-corrected chi connectivity index (χ1v) is 4.88. The molecular weight excluding hydrogens is 226 g/mol. The zero-order valence-electron chi connectivity index (χ0n) is 8.60. The first kappa shape index (κ1) is 12.1. The van der Waals surface area contributed by atoms with Gasteiger partial charge in [0.05, 0.1) is 11.8 Å². The zero-order valence-corrected chi connectivity index (χ0v) is 9.41. The maximum atomic E-state index is 10.7. The number of hydrazone groups is 1. The van der Waals surface area contributed by atoms with Crippen LogP contribution in [0.2, 0.25) is 0 Å². The van der Waals surface area contributed by atoms with Crippen molar-refractivity contribution < 1.29 is 9.90 Å². The molecule has 0 unspecified atom stereocenters. The summed E-state index contributed by atoms with van der Waals surface area (Å²) in [6.45, 7) is 0. The van der Waals surface area contributed by atoms with Crippen LogP contribution in [0.15, 0.2) is 29.4 Å². The summed E-state index contributed by atoms with van der Waals surface area (Å²) >= 11 is 4.81. The molecule has 1 aromatic carbocycles. The summed E-state index contributed by atoms with van der Waals surface area (Å²) in [4.78, 5) is 10.7. The van der Waals surface area contributed by atoms with Gasteiger partial charge < -0.3 is 10.4 Å². The van der Waals surface area contributed by atoms with Crippen LogP contribution < -0.4 is 10.7 Å². The topological polar surface area (TPSA) is 73.7 Å². The van der Waals surface area contributed by atoms with E-state index < -0.39 is 5.97 Å². The Labute approximate surface area is 98.2 Å². The molecule has 0 heterocycles. The van der Waals surface area contributed by atoms with Crippen molar-refractivity contribution in [3.05, 3.63) is 35.4 Å². The van der Waals surface area contributed by atoms with Gasteiger partial charge in [-0.05, 0) is 29.9 Å². The third-order valence-electron chi connectivity index (χ3n) is 1.74. The molecule has 3 N–H and O–H groups in total. The molecule has 1 aromatic rings. The molecule has 0 amide bonds. The molecule has 84 valence electrons. The monoisotopic (exact) mass is 237 g/mol. The number of nitrogens with one attached hydrogen (secondary N) is 2. The smallest absolute Gasteiger partial charge is 0.335 e. The minimum atomic E-state index is -0.964. The number of hydrogen-bond donors (Lipinski definition) is 3. The molecule has 0 saturated carbocycles. The van der Waals surface area contributed by atoms with Crippen molar-refractivity contribution in [2.45, 2.75) is 0 Å². The van der Waals surface area contributed by atoms with E-state index in [-0.39, 0.29) is 5.56 Å². The lowest BCUT2D eigenvalue weighted by molar-refractivity contribution is 0.0697. The summed E-state index contributed by atoms with van der Waals surface area (Å²) in [7, 11) is 1.68. The molecule has 0 aliphatic carbocycles. The Bertz CT molecular complexity index is 432. The van der Waals surface area contributed by atoms with Gasteiger partial charge in [-0.3, -0.25) is 5.43 Å². The highest BCUT2D eigenvalue weighted by Crippen LogP contribution is 2.02. The fourth-order valence-electron chi connectivity index (χ4n) is 0.973. The van der Waals surface area contributed by atoms with Crippen molar-refractivity contribution in [2.75, 3.05) is 7.05 Å². The second kappa shape index (κ2) is 5.82. The van der Waals surface area contributed by atoms with Crippen molar-refractivity contribution in [3.8, 4) is 0 Å². The lowest BCUT2D eigenvalue weighted by Gasteiger charge is -2.00. The normalized spacial score (nSPS) is 10.1. The van der Waals surface area contributed by atoms with E-state index in [0.29, 0.717) is 10.7 Å². The van der Waals surface area contributed by atoms with Crippen LogP contribution in [0.4, 0.5) is 0 Å². The highest BCUT2D eigenvalue weighted by Gasteiger charge is 2.01. The van der Waals surface area contributed by atoms with E-state index >= 15 is 0 Å². The summed E-state index contributed by atoms with van der Waals surface area (Å²) in [6.07, 6.45) is 1.50. The Hall–Kier alpha value is -1.95. The Morgan fingerprint density at radius 2 is 2.31 bits per heavy atom. The van der Waals surface area contributed by atoms with Gasteiger partial charge in [0.2, 0.25) is 0 Å². The number of thiocarbonyl (C=S) groups is 1. The first-order valence-electron chi connectivity index (χ1n) is 4.47. The van der Waals surface area contributed by atoms with E-state index in [4.69, 9.17) is 17.3 Å². The van der Waals surface area contributed by atoms with Gasteiger partial charge in [-0.1, -0.05) is 12.1 Å². The predicted molar refractivity (Wildman–Crippen MR) is 65.8 cm³/mol. The summed E-state index contributed by atoms with van der Waals surface area (Å²) in [5.74, 6) is -0.964. The fourth-order valence-corrected chi connectivity index (χ4v) is 1.03. The van der Waals surface area contributed by atoms with Gasteiger partial charge in [-0.25, -0.2) is 4.79 Å². The standard InChI is InChI=1S/C10H11N3O2S/c1-11-10(16)13-12-6-7-3-2-4-8(5-7)9(14)15/h2-6H,1H3,(H,14,15)(H2,11,13,16)/b12-6+. The number of aromatic carboxylic acids is 1. The molecular formula is C10H11N3O2S. The number of hydrogen-bond acceptors (Lipinski definition) is 3. The Balaban J connectivity index is 2.70.